The number of rotatable bonds is 5. The molecule has 1 heterocycles. The van der Waals surface area contributed by atoms with Gasteiger partial charge in [0.15, 0.2) is 6.61 Å². The maximum atomic E-state index is 5.52. The molecule has 0 saturated carbocycles. The maximum Gasteiger partial charge on any atom is 0.253 e. The van der Waals surface area contributed by atoms with Gasteiger partial charge in [0.25, 0.3) is 5.89 Å². The number of aromatic nitrogens is 2. The van der Waals surface area contributed by atoms with E-state index in [9.17, 15) is 0 Å². The summed E-state index contributed by atoms with van der Waals surface area (Å²) >= 11 is 0. The lowest BCUT2D eigenvalue weighted by molar-refractivity contribution is 0.258. The third-order valence-corrected chi connectivity index (χ3v) is 2.05. The SMILES string of the molecule is CCOc1cccc(OCc2nnc(C)o2)c1. The van der Waals surface area contributed by atoms with Crippen molar-refractivity contribution in [3.63, 3.8) is 0 Å². The van der Waals surface area contributed by atoms with Crippen molar-refractivity contribution in [2.45, 2.75) is 20.5 Å². The Labute approximate surface area is 99.4 Å². The van der Waals surface area contributed by atoms with Gasteiger partial charge in [-0.15, -0.1) is 10.2 Å². The second-order valence-electron chi connectivity index (χ2n) is 3.41. The molecule has 0 aliphatic heterocycles. The Hall–Kier alpha value is -2.04. The van der Waals surface area contributed by atoms with Gasteiger partial charge >= 0.3 is 0 Å². The van der Waals surface area contributed by atoms with Crippen LogP contribution in [-0.2, 0) is 6.61 Å². The number of nitrogens with zero attached hydrogens (tertiary/aromatic N) is 2. The summed E-state index contributed by atoms with van der Waals surface area (Å²) < 4.78 is 16.1. The molecule has 0 fully saturated rings. The minimum atomic E-state index is 0.260. The highest BCUT2D eigenvalue weighted by Gasteiger charge is 2.03. The van der Waals surface area contributed by atoms with Crippen LogP contribution in [0.15, 0.2) is 28.7 Å². The molecular formula is C12H14N2O3. The second kappa shape index (κ2) is 5.34. The van der Waals surface area contributed by atoms with Gasteiger partial charge in [-0.2, -0.15) is 0 Å². The Bertz CT molecular complexity index is 482. The molecule has 0 N–H and O–H groups in total. The van der Waals surface area contributed by atoms with Gasteiger partial charge in [-0.05, 0) is 19.1 Å². The highest BCUT2D eigenvalue weighted by atomic mass is 16.5. The van der Waals surface area contributed by atoms with E-state index in [0.29, 0.717) is 24.1 Å². The van der Waals surface area contributed by atoms with Gasteiger partial charge in [0.05, 0.1) is 6.61 Å². The highest BCUT2D eigenvalue weighted by Crippen LogP contribution is 2.20. The molecule has 0 aliphatic carbocycles. The van der Waals surface area contributed by atoms with Crippen molar-refractivity contribution in [2.24, 2.45) is 0 Å². The minimum absolute atomic E-state index is 0.260. The predicted octanol–water partition coefficient (Wildman–Crippen LogP) is 2.36. The van der Waals surface area contributed by atoms with Crippen LogP contribution in [0.4, 0.5) is 0 Å². The monoisotopic (exact) mass is 234 g/mol. The van der Waals surface area contributed by atoms with Crippen LogP contribution >= 0.6 is 0 Å². The molecule has 0 spiro atoms. The Balaban J connectivity index is 1.96. The molecule has 17 heavy (non-hydrogen) atoms. The smallest absolute Gasteiger partial charge is 0.253 e. The topological polar surface area (TPSA) is 57.4 Å². The third-order valence-electron chi connectivity index (χ3n) is 2.05. The molecule has 5 heteroatoms. The standard InChI is InChI=1S/C12H14N2O3/c1-3-15-10-5-4-6-11(7-10)16-8-12-14-13-9(2)17-12/h4-7H,3,8H2,1-2H3. The first kappa shape index (κ1) is 11.4. The lowest BCUT2D eigenvalue weighted by Gasteiger charge is -2.06. The van der Waals surface area contributed by atoms with E-state index in [1.165, 1.54) is 0 Å². The lowest BCUT2D eigenvalue weighted by atomic mass is 10.3. The Morgan fingerprint density at radius 2 is 1.94 bits per heavy atom. The quantitative estimate of drug-likeness (QED) is 0.794. The van der Waals surface area contributed by atoms with E-state index in [1.54, 1.807) is 6.92 Å². The van der Waals surface area contributed by atoms with Crippen LogP contribution in [0, 0.1) is 6.92 Å². The van der Waals surface area contributed by atoms with E-state index in [1.807, 2.05) is 31.2 Å². The average Bonchev–Trinajstić information content (AvgIpc) is 2.74. The number of aryl methyl sites for hydroxylation is 1. The summed E-state index contributed by atoms with van der Waals surface area (Å²) in [7, 11) is 0. The molecule has 2 rings (SSSR count). The summed E-state index contributed by atoms with van der Waals surface area (Å²) in [4.78, 5) is 0. The molecule has 2 aromatic rings. The fraction of sp³-hybridized carbons (Fsp3) is 0.333. The van der Waals surface area contributed by atoms with Crippen LogP contribution in [0.25, 0.3) is 0 Å². The van der Waals surface area contributed by atoms with Gasteiger partial charge in [-0.1, -0.05) is 6.07 Å². The van der Waals surface area contributed by atoms with Crippen LogP contribution in [0.1, 0.15) is 18.7 Å². The first-order chi connectivity index (χ1) is 8.28. The minimum Gasteiger partial charge on any atom is -0.494 e. The zero-order chi connectivity index (χ0) is 12.1. The summed E-state index contributed by atoms with van der Waals surface area (Å²) in [5, 5.41) is 7.57. The first-order valence-corrected chi connectivity index (χ1v) is 5.42. The van der Waals surface area contributed by atoms with E-state index < -0.39 is 0 Å². The zero-order valence-corrected chi connectivity index (χ0v) is 9.84. The van der Waals surface area contributed by atoms with Gasteiger partial charge < -0.3 is 13.9 Å². The molecule has 90 valence electrons. The molecule has 0 unspecified atom stereocenters. The van der Waals surface area contributed by atoms with Gasteiger partial charge in [0, 0.05) is 13.0 Å². The van der Waals surface area contributed by atoms with E-state index in [4.69, 9.17) is 13.9 Å². The maximum absolute atomic E-state index is 5.52. The Kier molecular flexibility index (Phi) is 3.59. The van der Waals surface area contributed by atoms with Crippen molar-refractivity contribution >= 4 is 0 Å². The van der Waals surface area contributed by atoms with Crippen molar-refractivity contribution < 1.29 is 13.9 Å². The average molecular weight is 234 g/mol. The van der Waals surface area contributed by atoms with E-state index in [-0.39, 0.29) is 6.61 Å². The van der Waals surface area contributed by atoms with Crippen LogP contribution in [0.2, 0.25) is 0 Å². The van der Waals surface area contributed by atoms with Crippen LogP contribution < -0.4 is 9.47 Å². The number of hydrogen-bond acceptors (Lipinski definition) is 5. The number of hydrogen-bond donors (Lipinski definition) is 0. The molecule has 0 atom stereocenters. The molecule has 1 aromatic carbocycles. The third kappa shape index (κ3) is 3.21. The van der Waals surface area contributed by atoms with Gasteiger partial charge in [0.1, 0.15) is 11.5 Å². The molecule has 0 radical (unpaired) electrons. The zero-order valence-electron chi connectivity index (χ0n) is 9.84. The van der Waals surface area contributed by atoms with Crippen LogP contribution in [-0.4, -0.2) is 16.8 Å². The fourth-order valence-electron chi connectivity index (χ4n) is 1.36. The fourth-order valence-corrected chi connectivity index (χ4v) is 1.36. The highest BCUT2D eigenvalue weighted by molar-refractivity contribution is 5.32. The normalized spacial score (nSPS) is 10.2. The Morgan fingerprint density at radius 1 is 1.18 bits per heavy atom. The Morgan fingerprint density at radius 3 is 2.59 bits per heavy atom. The van der Waals surface area contributed by atoms with Crippen molar-refractivity contribution in [3.05, 3.63) is 36.0 Å². The largest absolute Gasteiger partial charge is 0.494 e. The number of ether oxygens (including phenoxy) is 2. The molecule has 0 saturated heterocycles. The van der Waals surface area contributed by atoms with E-state index >= 15 is 0 Å². The molecule has 1 aromatic heterocycles. The van der Waals surface area contributed by atoms with Gasteiger partial charge in [-0.25, -0.2) is 0 Å². The summed E-state index contributed by atoms with van der Waals surface area (Å²) in [6.07, 6.45) is 0. The molecule has 5 nitrogen and oxygen atoms in total. The molecule has 0 aliphatic rings. The summed E-state index contributed by atoms with van der Waals surface area (Å²) in [5.41, 5.74) is 0. The van der Waals surface area contributed by atoms with Gasteiger partial charge in [-0.3, -0.25) is 0 Å². The van der Waals surface area contributed by atoms with Crippen LogP contribution in [0.3, 0.4) is 0 Å². The second-order valence-corrected chi connectivity index (χ2v) is 3.41. The van der Waals surface area contributed by atoms with Crippen molar-refractivity contribution in [2.75, 3.05) is 6.61 Å². The van der Waals surface area contributed by atoms with Crippen molar-refractivity contribution in [3.8, 4) is 11.5 Å². The molecule has 0 amide bonds. The molecule has 0 bridgehead atoms. The number of benzene rings is 1. The summed E-state index contributed by atoms with van der Waals surface area (Å²) in [6, 6.07) is 7.44. The van der Waals surface area contributed by atoms with E-state index in [0.717, 1.165) is 5.75 Å². The lowest BCUT2D eigenvalue weighted by Crippen LogP contribution is -1.97. The summed E-state index contributed by atoms with van der Waals surface area (Å²) in [6.45, 7) is 4.57. The summed E-state index contributed by atoms with van der Waals surface area (Å²) in [5.74, 6) is 2.49. The van der Waals surface area contributed by atoms with Crippen molar-refractivity contribution in [1.29, 1.82) is 0 Å². The van der Waals surface area contributed by atoms with Crippen LogP contribution in [0.5, 0.6) is 11.5 Å². The van der Waals surface area contributed by atoms with Gasteiger partial charge in [0.2, 0.25) is 5.89 Å². The first-order valence-electron chi connectivity index (χ1n) is 5.42. The van der Waals surface area contributed by atoms with Crippen molar-refractivity contribution in [1.82, 2.24) is 10.2 Å². The molecular weight excluding hydrogens is 220 g/mol. The predicted molar refractivity (Wildman–Crippen MR) is 61.0 cm³/mol. The van der Waals surface area contributed by atoms with E-state index in [2.05, 4.69) is 10.2 Å².